The minimum Gasteiger partial charge on any atom is -0.493 e. The highest BCUT2D eigenvalue weighted by Crippen LogP contribution is 2.39. The predicted molar refractivity (Wildman–Crippen MR) is 126 cm³/mol. The van der Waals surface area contributed by atoms with Crippen LogP contribution in [0.25, 0.3) is 10.9 Å². The number of rotatable bonds is 4. The minimum atomic E-state index is 0.125. The summed E-state index contributed by atoms with van der Waals surface area (Å²) in [6, 6.07) is 13.9. The van der Waals surface area contributed by atoms with Crippen molar-refractivity contribution in [2.45, 2.75) is 39.8 Å². The van der Waals surface area contributed by atoms with Crippen LogP contribution in [0.3, 0.4) is 0 Å². The number of nitrogens with one attached hydrogen (secondary N) is 1. The molecule has 6 nitrogen and oxygen atoms in total. The summed E-state index contributed by atoms with van der Waals surface area (Å²) in [5.41, 5.74) is 4.61. The fraction of sp³-hybridized carbons (Fsp3) is 0.348. The van der Waals surface area contributed by atoms with Gasteiger partial charge in [0.25, 0.3) is 0 Å². The molecule has 1 saturated heterocycles. The van der Waals surface area contributed by atoms with Crippen molar-refractivity contribution in [3.63, 3.8) is 0 Å². The van der Waals surface area contributed by atoms with E-state index in [4.69, 9.17) is 12.2 Å². The van der Waals surface area contributed by atoms with Crippen LogP contribution < -0.4 is 5.32 Å². The van der Waals surface area contributed by atoms with Crippen molar-refractivity contribution in [1.82, 2.24) is 9.47 Å². The van der Waals surface area contributed by atoms with Crippen molar-refractivity contribution >= 4 is 39.6 Å². The van der Waals surface area contributed by atoms with Crippen LogP contribution >= 0.6 is 12.2 Å². The molecular formula is C23H27N5OS. The number of aromatic hydroxyl groups is 1. The van der Waals surface area contributed by atoms with E-state index in [9.17, 15) is 5.11 Å². The molecule has 156 valence electrons. The Balaban J connectivity index is 1.59. The maximum atomic E-state index is 10.9. The number of anilines is 1. The fourth-order valence-corrected chi connectivity index (χ4v) is 4.09. The van der Waals surface area contributed by atoms with E-state index >= 15 is 0 Å². The molecule has 0 spiro atoms. The molecule has 4 rings (SSSR count). The van der Waals surface area contributed by atoms with Gasteiger partial charge in [0.05, 0.1) is 12.2 Å². The number of hydrogen-bond donors (Lipinski definition) is 2. The lowest BCUT2D eigenvalue weighted by Gasteiger charge is -2.27. The molecule has 30 heavy (non-hydrogen) atoms. The predicted octanol–water partition coefficient (Wildman–Crippen LogP) is 5.89. The highest BCUT2D eigenvalue weighted by Gasteiger charge is 2.19. The minimum absolute atomic E-state index is 0.125. The van der Waals surface area contributed by atoms with Gasteiger partial charge >= 0.3 is 0 Å². The maximum Gasteiger partial charge on any atom is 0.221 e. The van der Waals surface area contributed by atoms with E-state index in [2.05, 4.69) is 33.4 Å². The molecular weight excluding hydrogens is 394 g/mol. The zero-order valence-electron chi connectivity index (χ0n) is 17.4. The van der Waals surface area contributed by atoms with E-state index in [1.165, 1.54) is 24.8 Å². The van der Waals surface area contributed by atoms with Crippen LogP contribution in [0.5, 0.6) is 5.88 Å². The average molecular weight is 422 g/mol. The van der Waals surface area contributed by atoms with Crippen LogP contribution in [0, 0.1) is 13.8 Å². The topological polar surface area (TPSA) is 65.2 Å². The first-order chi connectivity index (χ1) is 14.5. The van der Waals surface area contributed by atoms with Crippen LogP contribution in [-0.2, 0) is 6.67 Å². The molecule has 2 aromatic carbocycles. The zero-order chi connectivity index (χ0) is 21.1. The van der Waals surface area contributed by atoms with Crippen LogP contribution in [0.15, 0.2) is 52.7 Å². The Morgan fingerprint density at radius 3 is 2.63 bits per heavy atom. The molecule has 0 aliphatic carbocycles. The molecule has 1 aliphatic heterocycles. The van der Waals surface area contributed by atoms with Gasteiger partial charge in [-0.15, -0.1) is 10.2 Å². The molecule has 2 N–H and O–H groups in total. The number of thiocarbonyl (C=S) groups is 1. The first-order valence-electron chi connectivity index (χ1n) is 10.4. The normalized spacial score (nSPS) is 15.1. The van der Waals surface area contributed by atoms with Crippen LogP contribution in [0.1, 0.15) is 30.4 Å². The molecule has 1 aromatic heterocycles. The van der Waals surface area contributed by atoms with Crippen molar-refractivity contribution in [1.29, 1.82) is 0 Å². The molecule has 1 aliphatic rings. The average Bonchev–Trinajstić information content (AvgIpc) is 3.02. The number of nitrogens with zero attached hydrogens (tertiary/aromatic N) is 4. The van der Waals surface area contributed by atoms with Crippen LogP contribution in [0.2, 0.25) is 0 Å². The molecule has 0 radical (unpaired) electrons. The fourth-order valence-electron chi connectivity index (χ4n) is 3.94. The molecule has 3 aromatic rings. The van der Waals surface area contributed by atoms with Crippen molar-refractivity contribution in [2.24, 2.45) is 10.2 Å². The Morgan fingerprint density at radius 2 is 1.83 bits per heavy atom. The number of likely N-dealkylation sites (tertiary alicyclic amines) is 1. The van der Waals surface area contributed by atoms with Crippen molar-refractivity contribution < 1.29 is 5.11 Å². The van der Waals surface area contributed by atoms with E-state index in [1.807, 2.05) is 47.9 Å². The Morgan fingerprint density at radius 1 is 1.07 bits per heavy atom. The lowest BCUT2D eigenvalue weighted by molar-refractivity contribution is 0.178. The number of aromatic nitrogens is 1. The summed E-state index contributed by atoms with van der Waals surface area (Å²) < 4.78 is 1.91. The summed E-state index contributed by atoms with van der Waals surface area (Å²) in [7, 11) is 0. The van der Waals surface area contributed by atoms with Gasteiger partial charge in [0, 0.05) is 11.1 Å². The monoisotopic (exact) mass is 421 g/mol. The van der Waals surface area contributed by atoms with Crippen molar-refractivity contribution in [3.8, 4) is 5.88 Å². The number of benzene rings is 2. The van der Waals surface area contributed by atoms with Gasteiger partial charge in [0.2, 0.25) is 11.0 Å². The van der Waals surface area contributed by atoms with Gasteiger partial charge in [-0.2, -0.15) is 0 Å². The molecule has 2 heterocycles. The third-order valence-corrected chi connectivity index (χ3v) is 5.98. The zero-order valence-corrected chi connectivity index (χ0v) is 18.2. The molecule has 1 fully saturated rings. The van der Waals surface area contributed by atoms with Gasteiger partial charge in [0.15, 0.2) is 5.69 Å². The van der Waals surface area contributed by atoms with Gasteiger partial charge in [0.1, 0.15) is 0 Å². The molecule has 0 bridgehead atoms. The summed E-state index contributed by atoms with van der Waals surface area (Å²) in [6.07, 6.45) is 3.68. The highest BCUT2D eigenvalue weighted by molar-refractivity contribution is 7.80. The molecule has 0 atom stereocenters. The number of aryl methyl sites for hydroxylation is 1. The Hall–Kier alpha value is -2.77. The summed E-state index contributed by atoms with van der Waals surface area (Å²) in [5.74, 6) is 0.125. The lowest BCUT2D eigenvalue weighted by Crippen LogP contribution is -2.31. The summed E-state index contributed by atoms with van der Waals surface area (Å²) in [6.45, 7) is 6.84. The number of piperidine rings is 1. The smallest absolute Gasteiger partial charge is 0.221 e. The number of fused-ring (bicyclic) bond motifs is 1. The summed E-state index contributed by atoms with van der Waals surface area (Å²) in [4.78, 5) is 2.36. The first kappa shape index (κ1) is 20.5. The van der Waals surface area contributed by atoms with Gasteiger partial charge in [-0.1, -0.05) is 36.8 Å². The SMILES string of the molecule is Cc1cccc(NC(=S)N=Nc2c(O)n(CN3CCCCC3)c3ccccc23)c1C. The van der Waals surface area contributed by atoms with E-state index in [-0.39, 0.29) is 11.0 Å². The number of para-hydroxylation sites is 1. The summed E-state index contributed by atoms with van der Waals surface area (Å²) in [5, 5.41) is 23.7. The summed E-state index contributed by atoms with van der Waals surface area (Å²) >= 11 is 5.37. The second-order valence-corrected chi connectivity index (χ2v) is 8.20. The molecule has 0 amide bonds. The standard InChI is InChI=1S/C23H27N5OS/c1-16-9-8-11-19(17(16)2)24-23(30)26-25-21-18-10-4-5-12-20(18)28(22(21)29)15-27-13-6-3-7-14-27/h4-5,8-12,29H,3,6-7,13-15H2,1-2H3,(H,24,30). The van der Waals surface area contributed by atoms with Gasteiger partial charge in [-0.25, -0.2) is 0 Å². The Kier molecular flexibility index (Phi) is 6.11. The molecule has 0 unspecified atom stereocenters. The Labute approximate surface area is 182 Å². The van der Waals surface area contributed by atoms with Gasteiger partial charge in [-0.3, -0.25) is 9.47 Å². The maximum absolute atomic E-state index is 10.9. The van der Waals surface area contributed by atoms with Gasteiger partial charge in [-0.05, 0) is 75.3 Å². The lowest BCUT2D eigenvalue weighted by atomic mass is 10.1. The first-order valence-corrected chi connectivity index (χ1v) is 10.8. The second-order valence-electron chi connectivity index (χ2n) is 7.82. The van der Waals surface area contributed by atoms with E-state index in [0.717, 1.165) is 35.2 Å². The Bertz CT molecular complexity index is 1100. The number of hydrogen-bond acceptors (Lipinski definition) is 4. The highest BCUT2D eigenvalue weighted by atomic mass is 32.1. The van der Waals surface area contributed by atoms with Crippen LogP contribution in [-0.4, -0.2) is 32.8 Å². The van der Waals surface area contributed by atoms with E-state index in [0.29, 0.717) is 12.4 Å². The van der Waals surface area contributed by atoms with Crippen LogP contribution in [0.4, 0.5) is 11.4 Å². The second kappa shape index (κ2) is 8.93. The third-order valence-electron chi connectivity index (χ3n) is 5.79. The van der Waals surface area contributed by atoms with E-state index in [1.54, 1.807) is 0 Å². The van der Waals surface area contributed by atoms with Gasteiger partial charge < -0.3 is 10.4 Å². The quantitative estimate of drug-likeness (QED) is 0.407. The molecule has 0 saturated carbocycles. The van der Waals surface area contributed by atoms with E-state index < -0.39 is 0 Å². The largest absolute Gasteiger partial charge is 0.493 e. The number of azo groups is 1. The third kappa shape index (κ3) is 4.22. The van der Waals surface area contributed by atoms with Crippen molar-refractivity contribution in [2.75, 3.05) is 18.4 Å². The molecule has 7 heteroatoms. The van der Waals surface area contributed by atoms with Crippen molar-refractivity contribution in [3.05, 3.63) is 53.6 Å².